The molecule has 0 aromatic carbocycles. The Balaban J connectivity index is 2.11. The van der Waals surface area contributed by atoms with Gasteiger partial charge in [-0.25, -0.2) is 0 Å². The van der Waals surface area contributed by atoms with Gasteiger partial charge in [0.05, 0.1) is 25.9 Å². The molecule has 21 heavy (non-hydrogen) atoms. The maximum Gasteiger partial charge on any atom is 0.278 e. The molecule has 0 radical (unpaired) electrons. The van der Waals surface area contributed by atoms with E-state index in [-0.39, 0.29) is 17.9 Å². The number of amides is 1. The summed E-state index contributed by atoms with van der Waals surface area (Å²) in [5, 5.41) is 11.7. The Morgan fingerprint density at radius 2 is 2.19 bits per heavy atom. The number of ether oxygens (including phenoxy) is 2. The van der Waals surface area contributed by atoms with Crippen molar-refractivity contribution in [1.82, 2.24) is 9.58 Å². The van der Waals surface area contributed by atoms with Crippen molar-refractivity contribution in [3.05, 3.63) is 28.2 Å². The normalized spacial score (nSPS) is 24.8. The van der Waals surface area contributed by atoms with Crippen LogP contribution in [-0.4, -0.2) is 66.8 Å². The zero-order valence-corrected chi connectivity index (χ0v) is 11.9. The van der Waals surface area contributed by atoms with E-state index in [9.17, 15) is 14.7 Å². The standard InChI is InChI=1S/C13H17N3O5/c1-14-10-7-21-6-8(5-20-2)16(10)13(19)11-12(18)9(17)3-4-15(11)14/h3-4,8,10,18H,5-7H2,1-2H3. The van der Waals surface area contributed by atoms with Crippen LogP contribution in [0.2, 0.25) is 0 Å². The maximum absolute atomic E-state index is 12.7. The van der Waals surface area contributed by atoms with Crippen molar-refractivity contribution in [1.29, 1.82) is 0 Å². The van der Waals surface area contributed by atoms with Crippen molar-refractivity contribution in [2.45, 2.75) is 12.2 Å². The molecule has 1 saturated heterocycles. The summed E-state index contributed by atoms with van der Waals surface area (Å²) in [4.78, 5) is 25.9. The van der Waals surface area contributed by atoms with E-state index in [1.165, 1.54) is 16.9 Å². The number of pyridine rings is 1. The van der Waals surface area contributed by atoms with E-state index in [4.69, 9.17) is 9.47 Å². The number of rotatable bonds is 2. The van der Waals surface area contributed by atoms with Gasteiger partial charge in [-0.15, -0.1) is 0 Å². The second-order valence-corrected chi connectivity index (χ2v) is 5.14. The fraction of sp³-hybridized carbons (Fsp3) is 0.538. The predicted molar refractivity (Wildman–Crippen MR) is 72.9 cm³/mol. The Kier molecular flexibility index (Phi) is 3.34. The van der Waals surface area contributed by atoms with Crippen LogP contribution in [0.1, 0.15) is 10.5 Å². The highest BCUT2D eigenvalue weighted by Gasteiger charge is 2.44. The Hall–Kier alpha value is -2.06. The van der Waals surface area contributed by atoms with Crippen molar-refractivity contribution in [2.24, 2.45) is 0 Å². The number of aromatic nitrogens is 1. The lowest BCUT2D eigenvalue weighted by atomic mass is 10.1. The smallest absolute Gasteiger partial charge is 0.278 e. The first-order valence-corrected chi connectivity index (χ1v) is 6.63. The van der Waals surface area contributed by atoms with Crippen LogP contribution in [0.3, 0.4) is 0 Å². The predicted octanol–water partition coefficient (Wildman–Crippen LogP) is -1.05. The zero-order valence-electron chi connectivity index (χ0n) is 11.9. The quantitative estimate of drug-likeness (QED) is 0.749. The van der Waals surface area contributed by atoms with Crippen LogP contribution >= 0.6 is 0 Å². The van der Waals surface area contributed by atoms with Gasteiger partial charge in [0.1, 0.15) is 6.17 Å². The molecule has 0 spiro atoms. The average Bonchev–Trinajstić information content (AvgIpc) is 2.48. The van der Waals surface area contributed by atoms with Crippen molar-refractivity contribution in [3.63, 3.8) is 0 Å². The molecule has 1 N–H and O–H groups in total. The molecule has 2 aliphatic heterocycles. The van der Waals surface area contributed by atoms with E-state index in [1.54, 1.807) is 24.1 Å². The first kappa shape index (κ1) is 13.9. The fourth-order valence-corrected chi connectivity index (χ4v) is 2.87. The molecule has 8 heteroatoms. The molecule has 3 heterocycles. The summed E-state index contributed by atoms with van der Waals surface area (Å²) in [7, 11) is 3.33. The molecule has 2 unspecified atom stereocenters. The minimum absolute atomic E-state index is 0.0238. The minimum Gasteiger partial charge on any atom is -0.502 e. The molecule has 0 aliphatic carbocycles. The Morgan fingerprint density at radius 3 is 2.90 bits per heavy atom. The number of carbonyl (C=O) groups excluding carboxylic acids is 1. The number of hydrogen-bond donors (Lipinski definition) is 1. The van der Waals surface area contributed by atoms with Crippen LogP contribution in [-0.2, 0) is 9.47 Å². The second-order valence-electron chi connectivity index (χ2n) is 5.14. The molecule has 0 saturated carbocycles. The summed E-state index contributed by atoms with van der Waals surface area (Å²) in [6.45, 7) is 1.05. The van der Waals surface area contributed by atoms with Gasteiger partial charge in [-0.05, 0) is 0 Å². The SMILES string of the molecule is COCC1COCC2N1C(=O)c1c(O)c(=O)ccn1N2C. The largest absolute Gasteiger partial charge is 0.502 e. The fourth-order valence-electron chi connectivity index (χ4n) is 2.87. The van der Waals surface area contributed by atoms with E-state index >= 15 is 0 Å². The van der Waals surface area contributed by atoms with E-state index in [1.807, 2.05) is 0 Å². The lowest BCUT2D eigenvalue weighted by Gasteiger charge is -2.49. The van der Waals surface area contributed by atoms with Crippen molar-refractivity contribution in [2.75, 3.05) is 39.0 Å². The first-order valence-electron chi connectivity index (χ1n) is 6.63. The van der Waals surface area contributed by atoms with Gasteiger partial charge in [0.25, 0.3) is 5.91 Å². The summed E-state index contributed by atoms with van der Waals surface area (Å²) in [5.41, 5.74) is -0.595. The minimum atomic E-state index is -0.571. The van der Waals surface area contributed by atoms with Crippen LogP contribution in [0.5, 0.6) is 5.75 Å². The number of aromatic hydroxyl groups is 1. The molecular formula is C13H17N3O5. The van der Waals surface area contributed by atoms with Gasteiger partial charge < -0.3 is 19.5 Å². The molecule has 2 aliphatic rings. The number of nitrogens with zero attached hydrogens (tertiary/aromatic N) is 3. The van der Waals surface area contributed by atoms with Crippen molar-refractivity contribution in [3.8, 4) is 5.75 Å². The van der Waals surface area contributed by atoms with Crippen LogP contribution in [0, 0.1) is 0 Å². The number of morpholine rings is 1. The third-order valence-corrected chi connectivity index (χ3v) is 3.91. The molecule has 3 rings (SSSR count). The van der Waals surface area contributed by atoms with Crippen LogP contribution in [0.4, 0.5) is 0 Å². The number of carbonyl (C=O) groups is 1. The van der Waals surface area contributed by atoms with Crippen molar-refractivity contribution >= 4 is 5.91 Å². The molecule has 1 aromatic heterocycles. The van der Waals surface area contributed by atoms with Crippen LogP contribution in [0.15, 0.2) is 17.1 Å². The monoisotopic (exact) mass is 295 g/mol. The van der Waals surface area contributed by atoms with Gasteiger partial charge in [-0.2, -0.15) is 0 Å². The van der Waals surface area contributed by atoms with Gasteiger partial charge >= 0.3 is 0 Å². The van der Waals surface area contributed by atoms with Gasteiger partial charge in [-0.3, -0.25) is 19.3 Å². The topological polar surface area (TPSA) is 84.2 Å². The third kappa shape index (κ3) is 1.98. The van der Waals surface area contributed by atoms with E-state index in [0.717, 1.165) is 0 Å². The number of likely N-dealkylation sites (N-methyl/N-ethyl adjacent to an activating group) is 1. The number of fused-ring (bicyclic) bond motifs is 2. The van der Waals surface area contributed by atoms with E-state index < -0.39 is 17.1 Å². The molecule has 1 fully saturated rings. The molecule has 2 atom stereocenters. The summed E-state index contributed by atoms with van der Waals surface area (Å²) in [6.07, 6.45) is 1.17. The second kappa shape index (κ2) is 5.05. The van der Waals surface area contributed by atoms with E-state index in [2.05, 4.69) is 0 Å². The summed E-state index contributed by atoms with van der Waals surface area (Å²) < 4.78 is 12.2. The van der Waals surface area contributed by atoms with Gasteiger partial charge in [-0.1, -0.05) is 0 Å². The zero-order chi connectivity index (χ0) is 15.1. The first-order chi connectivity index (χ1) is 10.1. The lowest BCUT2D eigenvalue weighted by Crippen LogP contribution is -2.68. The molecular weight excluding hydrogens is 278 g/mol. The number of hydrogen-bond acceptors (Lipinski definition) is 6. The molecule has 1 amide bonds. The van der Waals surface area contributed by atoms with Gasteiger partial charge in [0.15, 0.2) is 11.4 Å². The lowest BCUT2D eigenvalue weighted by molar-refractivity contribution is -0.0655. The summed E-state index contributed by atoms with van der Waals surface area (Å²) >= 11 is 0. The third-order valence-electron chi connectivity index (χ3n) is 3.91. The highest BCUT2D eigenvalue weighted by Crippen LogP contribution is 2.27. The molecule has 114 valence electrons. The van der Waals surface area contributed by atoms with Crippen molar-refractivity contribution < 1.29 is 19.4 Å². The highest BCUT2D eigenvalue weighted by atomic mass is 16.5. The van der Waals surface area contributed by atoms with Gasteiger partial charge in [0.2, 0.25) is 5.43 Å². The molecule has 1 aromatic rings. The van der Waals surface area contributed by atoms with Crippen LogP contribution < -0.4 is 10.4 Å². The van der Waals surface area contributed by atoms with E-state index in [0.29, 0.717) is 19.8 Å². The number of methoxy groups -OCH3 is 1. The summed E-state index contributed by atoms with van der Waals surface area (Å²) in [5.74, 6) is -0.922. The molecule has 8 nitrogen and oxygen atoms in total. The van der Waals surface area contributed by atoms with Crippen LogP contribution in [0.25, 0.3) is 0 Å². The molecule has 0 bridgehead atoms. The Labute approximate surface area is 121 Å². The highest BCUT2D eigenvalue weighted by molar-refractivity contribution is 5.96. The Bertz CT molecular complexity index is 627. The van der Waals surface area contributed by atoms with Gasteiger partial charge in [0, 0.05) is 26.4 Å². The average molecular weight is 295 g/mol. The Morgan fingerprint density at radius 1 is 1.43 bits per heavy atom. The summed E-state index contributed by atoms with van der Waals surface area (Å²) in [6, 6.07) is 0.973. The maximum atomic E-state index is 12.7.